The van der Waals surface area contributed by atoms with E-state index in [2.05, 4.69) is 5.32 Å². The summed E-state index contributed by atoms with van der Waals surface area (Å²) in [4.78, 5) is 12.7. The molecule has 3 rings (SSSR count). The van der Waals surface area contributed by atoms with Gasteiger partial charge in [0, 0.05) is 32.7 Å². The highest BCUT2D eigenvalue weighted by Gasteiger charge is 2.35. The first-order valence-electron chi connectivity index (χ1n) is 10.8. The fourth-order valence-corrected chi connectivity index (χ4v) is 6.41. The highest BCUT2D eigenvalue weighted by atomic mass is 32.2. The molecule has 2 saturated heterocycles. The molecule has 0 aromatic heterocycles. The van der Waals surface area contributed by atoms with E-state index in [0.29, 0.717) is 45.4 Å². The lowest BCUT2D eigenvalue weighted by Gasteiger charge is -2.34. The third-order valence-electron chi connectivity index (χ3n) is 5.94. The number of nitrogens with one attached hydrogen (secondary N) is 1. The molecular weight excluding hydrogens is 440 g/mol. The number of carbonyl (C=O) groups excluding carboxylic acids is 1. The van der Waals surface area contributed by atoms with Gasteiger partial charge in [0.25, 0.3) is 10.2 Å². The maximum atomic E-state index is 13.0. The number of nitrogens with zero attached hydrogens (tertiary/aromatic N) is 2. The van der Waals surface area contributed by atoms with E-state index in [0.717, 1.165) is 31.2 Å². The minimum absolute atomic E-state index is 0.0493. The summed E-state index contributed by atoms with van der Waals surface area (Å²) in [7, 11) is -7.25. The molecule has 1 atom stereocenters. The second-order valence-corrected chi connectivity index (χ2v) is 11.7. The third kappa shape index (κ3) is 6.48. The fourth-order valence-electron chi connectivity index (χ4n) is 4.12. The second kappa shape index (κ2) is 10.4. The van der Waals surface area contributed by atoms with Gasteiger partial charge in [0.2, 0.25) is 15.9 Å². The van der Waals surface area contributed by atoms with Gasteiger partial charge in [0.05, 0.1) is 10.8 Å². The lowest BCUT2D eigenvalue weighted by Crippen LogP contribution is -2.50. The van der Waals surface area contributed by atoms with Crippen LogP contribution in [0.1, 0.15) is 44.1 Å². The van der Waals surface area contributed by atoms with E-state index in [-0.39, 0.29) is 23.3 Å². The molecule has 3 N–H and O–H groups in total. The maximum Gasteiger partial charge on any atom is 0.281 e. The number of nitrogens with two attached hydrogens (primary N) is 1. The number of amides is 1. The average molecular weight is 473 g/mol. The van der Waals surface area contributed by atoms with Gasteiger partial charge in [-0.3, -0.25) is 4.79 Å². The molecule has 174 valence electrons. The van der Waals surface area contributed by atoms with Gasteiger partial charge in [-0.15, -0.1) is 0 Å². The lowest BCUT2D eigenvalue weighted by atomic mass is 9.99. The number of rotatable bonds is 7. The quantitative estimate of drug-likeness (QED) is 0.607. The smallest absolute Gasteiger partial charge is 0.281 e. The van der Waals surface area contributed by atoms with Gasteiger partial charge < -0.3 is 5.32 Å². The number of hydrogen-bond acceptors (Lipinski definition) is 5. The van der Waals surface area contributed by atoms with Crippen molar-refractivity contribution in [1.82, 2.24) is 13.9 Å². The Bertz CT molecular complexity index is 956. The summed E-state index contributed by atoms with van der Waals surface area (Å²) in [5.41, 5.74) is 0.877. The fraction of sp³-hybridized carbons (Fsp3) is 0.650. The van der Waals surface area contributed by atoms with E-state index in [4.69, 9.17) is 5.14 Å². The molecule has 9 nitrogen and oxygen atoms in total. The zero-order valence-electron chi connectivity index (χ0n) is 17.7. The number of benzene rings is 1. The van der Waals surface area contributed by atoms with Crippen LogP contribution in [-0.2, 0) is 31.4 Å². The molecule has 2 aliphatic rings. The molecular formula is C20H32N4O5S2. The summed E-state index contributed by atoms with van der Waals surface area (Å²) in [6, 6.07) is 6.22. The molecule has 11 heteroatoms. The first kappa shape index (κ1) is 24.1. The Morgan fingerprint density at radius 1 is 0.935 bits per heavy atom. The van der Waals surface area contributed by atoms with E-state index >= 15 is 0 Å². The van der Waals surface area contributed by atoms with E-state index < -0.39 is 20.2 Å². The average Bonchev–Trinajstić information content (AvgIpc) is 3.04. The molecule has 0 saturated carbocycles. The van der Waals surface area contributed by atoms with E-state index in [1.807, 2.05) is 0 Å². The van der Waals surface area contributed by atoms with Crippen molar-refractivity contribution in [2.75, 3.05) is 32.7 Å². The second-order valence-electron chi connectivity index (χ2n) is 8.25. The van der Waals surface area contributed by atoms with Gasteiger partial charge in [-0.1, -0.05) is 25.0 Å². The monoisotopic (exact) mass is 472 g/mol. The molecule has 31 heavy (non-hydrogen) atoms. The zero-order valence-corrected chi connectivity index (χ0v) is 19.3. The van der Waals surface area contributed by atoms with Crippen LogP contribution in [0.3, 0.4) is 0 Å². The minimum atomic E-state index is -3.72. The van der Waals surface area contributed by atoms with Gasteiger partial charge in [-0.25, -0.2) is 13.6 Å². The van der Waals surface area contributed by atoms with Crippen LogP contribution in [0.15, 0.2) is 29.2 Å². The van der Waals surface area contributed by atoms with Crippen LogP contribution in [0.5, 0.6) is 0 Å². The molecule has 2 heterocycles. The number of hydrogen-bond donors (Lipinski definition) is 2. The van der Waals surface area contributed by atoms with Crippen molar-refractivity contribution in [3.63, 3.8) is 0 Å². The van der Waals surface area contributed by atoms with Crippen molar-refractivity contribution in [1.29, 1.82) is 0 Å². The lowest BCUT2D eigenvalue weighted by molar-refractivity contribution is -0.126. The number of primary sulfonamides is 1. The largest absolute Gasteiger partial charge is 0.355 e. The van der Waals surface area contributed by atoms with Crippen molar-refractivity contribution in [3.05, 3.63) is 29.8 Å². The van der Waals surface area contributed by atoms with Crippen molar-refractivity contribution >= 4 is 26.1 Å². The first-order chi connectivity index (χ1) is 14.7. The normalized spacial score (nSPS) is 22.0. The van der Waals surface area contributed by atoms with Gasteiger partial charge in [-0.05, 0) is 49.8 Å². The van der Waals surface area contributed by atoms with Crippen molar-refractivity contribution in [2.24, 2.45) is 11.1 Å². The van der Waals surface area contributed by atoms with Crippen molar-refractivity contribution in [3.8, 4) is 0 Å². The molecule has 1 amide bonds. The predicted molar refractivity (Wildman–Crippen MR) is 118 cm³/mol. The van der Waals surface area contributed by atoms with Gasteiger partial charge in [-0.2, -0.15) is 17.0 Å². The number of piperidine rings is 1. The highest BCUT2D eigenvalue weighted by Crippen LogP contribution is 2.23. The molecule has 2 aliphatic heterocycles. The molecule has 0 spiro atoms. The Balaban J connectivity index is 1.51. The topological polar surface area (TPSA) is 130 Å². The SMILES string of the molecule is NS(=O)(=O)c1ccc(CCNC(=O)[C@H]2CCCN(S(=O)(=O)N3CCCCCC3)C2)cc1. The van der Waals surface area contributed by atoms with Gasteiger partial charge in [0.15, 0.2) is 0 Å². The van der Waals surface area contributed by atoms with Crippen LogP contribution in [0, 0.1) is 5.92 Å². The molecule has 1 aromatic rings. The summed E-state index contributed by atoms with van der Waals surface area (Å²) in [5.74, 6) is -0.503. The van der Waals surface area contributed by atoms with Crippen LogP contribution in [0.2, 0.25) is 0 Å². The molecule has 0 aliphatic carbocycles. The van der Waals surface area contributed by atoms with Crippen molar-refractivity contribution in [2.45, 2.75) is 49.8 Å². The first-order valence-corrected chi connectivity index (χ1v) is 13.8. The molecule has 1 aromatic carbocycles. The Hall–Kier alpha value is -1.53. The Morgan fingerprint density at radius 3 is 2.16 bits per heavy atom. The summed E-state index contributed by atoms with van der Waals surface area (Å²) >= 11 is 0. The van der Waals surface area contributed by atoms with Gasteiger partial charge in [0.1, 0.15) is 0 Å². The van der Waals surface area contributed by atoms with Crippen LogP contribution in [0.25, 0.3) is 0 Å². The Labute approximate surface area is 185 Å². The Kier molecular flexibility index (Phi) is 8.08. The van der Waals surface area contributed by atoms with Crippen LogP contribution >= 0.6 is 0 Å². The Morgan fingerprint density at radius 2 is 1.55 bits per heavy atom. The van der Waals surface area contributed by atoms with Crippen molar-refractivity contribution < 1.29 is 21.6 Å². The minimum Gasteiger partial charge on any atom is -0.355 e. The summed E-state index contributed by atoms with van der Waals surface area (Å²) in [5, 5.41) is 7.98. The third-order valence-corrected chi connectivity index (χ3v) is 8.87. The predicted octanol–water partition coefficient (Wildman–Crippen LogP) is 0.826. The molecule has 2 fully saturated rings. The van der Waals surface area contributed by atoms with Gasteiger partial charge >= 0.3 is 0 Å². The van der Waals surface area contributed by atoms with E-state index in [9.17, 15) is 21.6 Å². The summed E-state index contributed by atoms with van der Waals surface area (Å²) < 4.78 is 51.7. The summed E-state index contributed by atoms with van der Waals surface area (Å²) in [6.45, 7) is 2.18. The molecule has 0 bridgehead atoms. The van der Waals surface area contributed by atoms with E-state index in [1.54, 1.807) is 16.4 Å². The standard InChI is InChI=1S/C20H32N4O5S2/c21-30(26,27)19-9-7-17(8-10-19)11-12-22-20(25)18-6-5-15-24(16-18)31(28,29)23-13-3-1-2-4-14-23/h7-10,18H,1-6,11-16H2,(H,22,25)(H2,21,26,27)/t18-/m0/s1. The van der Waals surface area contributed by atoms with Crippen LogP contribution in [0.4, 0.5) is 0 Å². The van der Waals surface area contributed by atoms with E-state index in [1.165, 1.54) is 16.4 Å². The molecule has 0 unspecified atom stereocenters. The number of carbonyl (C=O) groups is 1. The highest BCUT2D eigenvalue weighted by molar-refractivity contribution is 7.89. The summed E-state index contributed by atoms with van der Waals surface area (Å²) in [6.07, 6.45) is 5.76. The maximum absolute atomic E-state index is 13.0. The van der Waals surface area contributed by atoms with Crippen LogP contribution in [-0.4, -0.2) is 64.1 Å². The molecule has 0 radical (unpaired) electrons. The number of sulfonamides is 1. The zero-order chi connectivity index (χ0) is 22.5. The van der Waals surface area contributed by atoms with Crippen LogP contribution < -0.4 is 10.5 Å².